The Morgan fingerprint density at radius 2 is 1.85 bits per heavy atom. The standard InChI is InChI=1S/C17H18FNO/c1-3-11(2)12-4-6-13(7-5-12)15-9-8-14(18)10-16(15)17(19)20/h4-11H,3H2,1-2H3,(H2,19,20). The topological polar surface area (TPSA) is 43.1 Å². The fourth-order valence-corrected chi connectivity index (χ4v) is 2.20. The summed E-state index contributed by atoms with van der Waals surface area (Å²) in [4.78, 5) is 11.4. The summed E-state index contributed by atoms with van der Waals surface area (Å²) in [5, 5.41) is 0. The second kappa shape index (κ2) is 5.87. The van der Waals surface area contributed by atoms with Crippen LogP contribution in [0.5, 0.6) is 0 Å². The molecule has 0 bridgehead atoms. The lowest BCUT2D eigenvalue weighted by atomic mass is 9.94. The van der Waals surface area contributed by atoms with Gasteiger partial charge in [0.2, 0.25) is 5.91 Å². The van der Waals surface area contributed by atoms with Crippen LogP contribution >= 0.6 is 0 Å². The van der Waals surface area contributed by atoms with Crippen LogP contribution in [0.4, 0.5) is 4.39 Å². The lowest BCUT2D eigenvalue weighted by Gasteiger charge is -2.11. The molecule has 20 heavy (non-hydrogen) atoms. The molecular weight excluding hydrogens is 253 g/mol. The molecule has 0 fully saturated rings. The number of benzene rings is 2. The van der Waals surface area contributed by atoms with Gasteiger partial charge in [0.25, 0.3) is 0 Å². The van der Waals surface area contributed by atoms with Gasteiger partial charge in [0.05, 0.1) is 0 Å². The van der Waals surface area contributed by atoms with Gasteiger partial charge in [-0.25, -0.2) is 4.39 Å². The predicted molar refractivity (Wildman–Crippen MR) is 79.1 cm³/mol. The smallest absolute Gasteiger partial charge is 0.249 e. The maximum atomic E-state index is 13.2. The maximum absolute atomic E-state index is 13.2. The third-order valence-corrected chi connectivity index (χ3v) is 3.65. The van der Waals surface area contributed by atoms with Crippen LogP contribution < -0.4 is 5.73 Å². The van der Waals surface area contributed by atoms with E-state index in [9.17, 15) is 9.18 Å². The van der Waals surface area contributed by atoms with Crippen molar-refractivity contribution in [3.63, 3.8) is 0 Å². The molecule has 2 nitrogen and oxygen atoms in total. The normalized spacial score (nSPS) is 12.2. The van der Waals surface area contributed by atoms with Crippen LogP contribution in [0, 0.1) is 5.82 Å². The molecular formula is C17H18FNO. The van der Waals surface area contributed by atoms with Crippen LogP contribution in [-0.2, 0) is 0 Å². The van der Waals surface area contributed by atoms with Gasteiger partial charge < -0.3 is 5.73 Å². The number of halogens is 1. The first-order chi connectivity index (χ1) is 9.52. The van der Waals surface area contributed by atoms with Crippen LogP contribution in [0.15, 0.2) is 42.5 Å². The second-order valence-corrected chi connectivity index (χ2v) is 4.99. The van der Waals surface area contributed by atoms with E-state index in [-0.39, 0.29) is 5.56 Å². The van der Waals surface area contributed by atoms with E-state index in [0.29, 0.717) is 11.5 Å². The van der Waals surface area contributed by atoms with Gasteiger partial charge in [0.15, 0.2) is 0 Å². The van der Waals surface area contributed by atoms with Gasteiger partial charge in [0, 0.05) is 5.56 Å². The molecule has 2 aromatic carbocycles. The van der Waals surface area contributed by atoms with Crippen molar-refractivity contribution in [2.45, 2.75) is 26.2 Å². The summed E-state index contributed by atoms with van der Waals surface area (Å²) < 4.78 is 13.2. The molecule has 0 aromatic heterocycles. The molecule has 0 aliphatic carbocycles. The Morgan fingerprint density at radius 3 is 2.40 bits per heavy atom. The zero-order chi connectivity index (χ0) is 14.7. The van der Waals surface area contributed by atoms with Crippen molar-refractivity contribution in [3.05, 3.63) is 59.4 Å². The molecule has 2 aromatic rings. The van der Waals surface area contributed by atoms with Crippen LogP contribution in [0.2, 0.25) is 0 Å². The first-order valence-electron chi connectivity index (χ1n) is 6.72. The molecule has 0 saturated heterocycles. The van der Waals surface area contributed by atoms with E-state index >= 15 is 0 Å². The van der Waals surface area contributed by atoms with Crippen molar-refractivity contribution in [1.29, 1.82) is 0 Å². The number of carbonyl (C=O) groups is 1. The molecule has 0 spiro atoms. The van der Waals surface area contributed by atoms with Gasteiger partial charge in [-0.1, -0.05) is 44.2 Å². The van der Waals surface area contributed by atoms with Crippen molar-refractivity contribution < 1.29 is 9.18 Å². The van der Waals surface area contributed by atoms with Gasteiger partial charge in [0.1, 0.15) is 5.82 Å². The van der Waals surface area contributed by atoms with E-state index in [4.69, 9.17) is 5.73 Å². The van der Waals surface area contributed by atoms with Crippen LogP contribution in [0.1, 0.15) is 42.1 Å². The zero-order valence-corrected chi connectivity index (χ0v) is 11.7. The summed E-state index contributed by atoms with van der Waals surface area (Å²) in [7, 11) is 0. The van der Waals surface area contributed by atoms with Crippen molar-refractivity contribution in [2.75, 3.05) is 0 Å². The largest absolute Gasteiger partial charge is 0.366 e. The zero-order valence-electron chi connectivity index (χ0n) is 11.7. The second-order valence-electron chi connectivity index (χ2n) is 4.99. The van der Waals surface area contributed by atoms with E-state index < -0.39 is 11.7 Å². The van der Waals surface area contributed by atoms with Gasteiger partial charge in [-0.3, -0.25) is 4.79 Å². The minimum Gasteiger partial charge on any atom is -0.366 e. The Labute approximate surface area is 118 Å². The van der Waals surface area contributed by atoms with Gasteiger partial charge in [-0.15, -0.1) is 0 Å². The first kappa shape index (κ1) is 14.3. The van der Waals surface area contributed by atoms with Crippen molar-refractivity contribution >= 4 is 5.91 Å². The van der Waals surface area contributed by atoms with Crippen molar-refractivity contribution in [3.8, 4) is 11.1 Å². The number of carbonyl (C=O) groups excluding carboxylic acids is 1. The van der Waals surface area contributed by atoms with Crippen LogP contribution in [0.3, 0.4) is 0 Å². The Bertz CT molecular complexity index is 619. The molecule has 0 aliphatic rings. The average molecular weight is 271 g/mol. The minimum absolute atomic E-state index is 0.210. The lowest BCUT2D eigenvalue weighted by Crippen LogP contribution is -2.12. The quantitative estimate of drug-likeness (QED) is 0.893. The molecule has 3 heteroatoms. The Hall–Kier alpha value is -2.16. The highest BCUT2D eigenvalue weighted by molar-refractivity contribution is 5.99. The highest BCUT2D eigenvalue weighted by atomic mass is 19.1. The average Bonchev–Trinajstić information content (AvgIpc) is 2.46. The molecule has 0 heterocycles. The molecule has 1 unspecified atom stereocenters. The third kappa shape index (κ3) is 2.87. The fraction of sp³-hybridized carbons (Fsp3) is 0.235. The fourth-order valence-electron chi connectivity index (χ4n) is 2.20. The van der Waals surface area contributed by atoms with Crippen LogP contribution in [-0.4, -0.2) is 5.91 Å². The minimum atomic E-state index is -0.620. The van der Waals surface area contributed by atoms with E-state index in [2.05, 4.69) is 13.8 Å². The van der Waals surface area contributed by atoms with Gasteiger partial charge >= 0.3 is 0 Å². The monoisotopic (exact) mass is 271 g/mol. The summed E-state index contributed by atoms with van der Waals surface area (Å²) in [5.41, 5.74) is 8.30. The molecule has 0 saturated carbocycles. The van der Waals surface area contributed by atoms with E-state index in [1.54, 1.807) is 6.07 Å². The summed E-state index contributed by atoms with van der Waals surface area (Å²) >= 11 is 0. The summed E-state index contributed by atoms with van der Waals surface area (Å²) in [6.45, 7) is 4.31. The number of primary amides is 1. The van der Waals surface area contributed by atoms with Gasteiger partial charge in [-0.2, -0.15) is 0 Å². The maximum Gasteiger partial charge on any atom is 0.249 e. The summed E-state index contributed by atoms with van der Waals surface area (Å²) in [6, 6.07) is 12.1. The third-order valence-electron chi connectivity index (χ3n) is 3.65. The molecule has 1 amide bonds. The van der Waals surface area contributed by atoms with Crippen LogP contribution in [0.25, 0.3) is 11.1 Å². The highest BCUT2D eigenvalue weighted by Gasteiger charge is 2.12. The van der Waals surface area contributed by atoms with Gasteiger partial charge in [-0.05, 0) is 41.2 Å². The first-order valence-corrected chi connectivity index (χ1v) is 6.72. The number of rotatable bonds is 4. The Kier molecular flexibility index (Phi) is 4.18. The number of hydrogen-bond acceptors (Lipinski definition) is 1. The molecule has 104 valence electrons. The molecule has 0 radical (unpaired) electrons. The van der Waals surface area contributed by atoms with E-state index in [1.165, 1.54) is 17.7 Å². The predicted octanol–water partition coefficient (Wildman–Crippen LogP) is 4.11. The molecule has 2 rings (SSSR count). The molecule has 0 aliphatic heterocycles. The molecule has 2 N–H and O–H groups in total. The number of nitrogens with two attached hydrogens (primary N) is 1. The SMILES string of the molecule is CCC(C)c1ccc(-c2ccc(F)cc2C(N)=O)cc1. The highest BCUT2D eigenvalue weighted by Crippen LogP contribution is 2.27. The Morgan fingerprint density at radius 1 is 1.20 bits per heavy atom. The van der Waals surface area contributed by atoms with E-state index in [0.717, 1.165) is 12.0 Å². The summed E-state index contributed by atoms with van der Waals surface area (Å²) in [5.74, 6) is -0.586. The van der Waals surface area contributed by atoms with E-state index in [1.807, 2.05) is 24.3 Å². The van der Waals surface area contributed by atoms with Crippen molar-refractivity contribution in [1.82, 2.24) is 0 Å². The molecule has 1 atom stereocenters. The number of hydrogen-bond donors (Lipinski definition) is 1. The summed E-state index contributed by atoms with van der Waals surface area (Å²) in [6.07, 6.45) is 1.07. The Balaban J connectivity index is 2.44. The lowest BCUT2D eigenvalue weighted by molar-refractivity contribution is 0.100. The van der Waals surface area contributed by atoms with Crippen molar-refractivity contribution in [2.24, 2.45) is 5.73 Å². The number of amides is 1.